The van der Waals surface area contributed by atoms with E-state index in [-0.39, 0.29) is 18.1 Å². The summed E-state index contributed by atoms with van der Waals surface area (Å²) in [4.78, 5) is 0. The second-order valence-corrected chi connectivity index (χ2v) is 8.02. The number of rotatable bonds is 6. The SMILES string of the molecule is CC1CCC(c2ccc(C(F)(F)Oc3cc(F)c(C(F)(F)OC(F)(F)F)c(F)c3)cc2)CC1. The second kappa shape index (κ2) is 9.08. The summed E-state index contributed by atoms with van der Waals surface area (Å²) >= 11 is 0. The highest BCUT2D eigenvalue weighted by Gasteiger charge is 2.49. The van der Waals surface area contributed by atoms with E-state index in [0.29, 0.717) is 5.92 Å². The smallest absolute Gasteiger partial charge is 0.429 e. The highest BCUT2D eigenvalue weighted by molar-refractivity contribution is 5.34. The highest BCUT2D eigenvalue weighted by Crippen LogP contribution is 2.41. The average Bonchev–Trinajstić information content (AvgIpc) is 2.65. The lowest BCUT2D eigenvalue weighted by molar-refractivity contribution is -0.432. The Balaban J connectivity index is 1.78. The summed E-state index contributed by atoms with van der Waals surface area (Å²) in [5.41, 5.74) is -2.19. The summed E-state index contributed by atoms with van der Waals surface area (Å²) in [6.07, 6.45) is -11.6. The summed E-state index contributed by atoms with van der Waals surface area (Å²) in [6, 6.07) is 5.01. The molecule has 33 heavy (non-hydrogen) atoms. The zero-order valence-electron chi connectivity index (χ0n) is 17.2. The number of alkyl halides is 7. The Morgan fingerprint density at radius 2 is 1.27 bits per heavy atom. The summed E-state index contributed by atoms with van der Waals surface area (Å²) < 4.78 is 127. The van der Waals surface area contributed by atoms with Gasteiger partial charge in [-0.15, -0.1) is 13.2 Å². The first-order chi connectivity index (χ1) is 15.2. The van der Waals surface area contributed by atoms with Crippen LogP contribution in [-0.4, -0.2) is 6.36 Å². The van der Waals surface area contributed by atoms with E-state index in [1.54, 1.807) is 0 Å². The Morgan fingerprint density at radius 1 is 0.758 bits per heavy atom. The molecule has 2 aromatic rings. The zero-order valence-corrected chi connectivity index (χ0v) is 17.2. The largest absolute Gasteiger partial charge is 0.527 e. The van der Waals surface area contributed by atoms with Crippen LogP contribution in [0.4, 0.5) is 39.5 Å². The lowest BCUT2D eigenvalue weighted by Gasteiger charge is -2.27. The monoisotopic (exact) mass is 486 g/mol. The molecule has 2 nitrogen and oxygen atoms in total. The predicted octanol–water partition coefficient (Wildman–Crippen LogP) is 7.97. The summed E-state index contributed by atoms with van der Waals surface area (Å²) in [5.74, 6) is -4.88. The van der Waals surface area contributed by atoms with Crippen molar-refractivity contribution in [1.29, 1.82) is 0 Å². The first-order valence-electron chi connectivity index (χ1n) is 9.99. The standard InChI is InChI=1S/C22H19F9O2/c1-12-2-4-13(5-3-12)14-6-8-15(9-7-14)20(25,26)32-16-10-17(23)19(18(24)11-16)21(27,28)33-22(29,30)31/h6-13H,2-5H2,1H3. The highest BCUT2D eigenvalue weighted by atomic mass is 19.4. The maximum atomic E-state index is 14.5. The quantitative estimate of drug-likeness (QED) is 0.386. The number of hydrogen-bond donors (Lipinski definition) is 0. The molecule has 1 saturated carbocycles. The van der Waals surface area contributed by atoms with Crippen LogP contribution in [0.15, 0.2) is 36.4 Å². The van der Waals surface area contributed by atoms with E-state index in [1.165, 1.54) is 12.1 Å². The Bertz CT molecular complexity index is 940. The van der Waals surface area contributed by atoms with E-state index in [9.17, 15) is 39.5 Å². The minimum atomic E-state index is -5.91. The Labute approximate surface area is 183 Å². The van der Waals surface area contributed by atoms with Gasteiger partial charge in [0, 0.05) is 12.1 Å². The van der Waals surface area contributed by atoms with Crippen molar-refractivity contribution in [3.63, 3.8) is 0 Å². The maximum absolute atomic E-state index is 14.5. The molecule has 0 heterocycles. The van der Waals surface area contributed by atoms with Crippen molar-refractivity contribution in [2.45, 2.75) is 57.1 Å². The van der Waals surface area contributed by atoms with Gasteiger partial charge >= 0.3 is 18.6 Å². The molecular formula is C22H19F9O2. The molecule has 0 N–H and O–H groups in total. The lowest BCUT2D eigenvalue weighted by atomic mass is 9.79. The van der Waals surface area contributed by atoms with Gasteiger partial charge in [-0.25, -0.2) is 13.5 Å². The van der Waals surface area contributed by atoms with E-state index < -0.39 is 47.1 Å². The molecule has 11 heteroatoms. The van der Waals surface area contributed by atoms with Crippen LogP contribution in [0.3, 0.4) is 0 Å². The second-order valence-electron chi connectivity index (χ2n) is 8.02. The van der Waals surface area contributed by atoms with Crippen LogP contribution in [-0.2, 0) is 17.0 Å². The van der Waals surface area contributed by atoms with Gasteiger partial charge in [-0.3, -0.25) is 0 Å². The van der Waals surface area contributed by atoms with Crippen molar-refractivity contribution in [3.8, 4) is 5.75 Å². The molecule has 1 fully saturated rings. The van der Waals surface area contributed by atoms with Crippen molar-refractivity contribution in [2.24, 2.45) is 5.92 Å². The summed E-state index contributed by atoms with van der Waals surface area (Å²) in [6.45, 7) is 2.14. The third-order valence-corrected chi connectivity index (χ3v) is 5.53. The van der Waals surface area contributed by atoms with Gasteiger partial charge in [-0.2, -0.15) is 17.6 Å². The topological polar surface area (TPSA) is 18.5 Å². The van der Waals surface area contributed by atoms with Crippen LogP contribution in [0.1, 0.15) is 55.2 Å². The van der Waals surface area contributed by atoms with E-state index in [0.717, 1.165) is 43.4 Å². The first kappa shape index (κ1) is 25.2. The zero-order chi connectivity index (χ0) is 24.6. The van der Waals surface area contributed by atoms with Gasteiger partial charge in [0.15, 0.2) is 0 Å². The minimum Gasteiger partial charge on any atom is -0.429 e. The molecule has 0 unspecified atom stereocenters. The van der Waals surface area contributed by atoms with Crippen molar-refractivity contribution >= 4 is 0 Å². The van der Waals surface area contributed by atoms with E-state index in [2.05, 4.69) is 16.4 Å². The van der Waals surface area contributed by atoms with E-state index >= 15 is 0 Å². The van der Waals surface area contributed by atoms with Crippen LogP contribution in [0, 0.1) is 17.6 Å². The number of benzene rings is 2. The minimum absolute atomic E-state index is 0.0719. The van der Waals surface area contributed by atoms with Gasteiger partial charge in [0.2, 0.25) is 0 Å². The molecule has 2 aromatic carbocycles. The Hall–Kier alpha value is -2.43. The third kappa shape index (κ3) is 6.13. The summed E-state index contributed by atoms with van der Waals surface area (Å²) in [5, 5.41) is 0. The van der Waals surface area contributed by atoms with Crippen LogP contribution in [0.2, 0.25) is 0 Å². The van der Waals surface area contributed by atoms with Crippen LogP contribution in [0.25, 0.3) is 0 Å². The molecule has 0 saturated heterocycles. The molecule has 0 atom stereocenters. The van der Waals surface area contributed by atoms with E-state index in [1.807, 2.05) is 0 Å². The molecule has 0 radical (unpaired) electrons. The molecular weight excluding hydrogens is 467 g/mol. The van der Waals surface area contributed by atoms with Gasteiger partial charge in [0.25, 0.3) is 0 Å². The van der Waals surface area contributed by atoms with Crippen molar-refractivity contribution in [3.05, 3.63) is 64.7 Å². The fourth-order valence-electron chi connectivity index (χ4n) is 3.83. The Morgan fingerprint density at radius 3 is 1.76 bits per heavy atom. The fourth-order valence-corrected chi connectivity index (χ4v) is 3.83. The molecule has 1 aliphatic carbocycles. The molecule has 182 valence electrons. The number of halogens is 9. The van der Waals surface area contributed by atoms with Crippen molar-refractivity contribution in [1.82, 2.24) is 0 Å². The van der Waals surface area contributed by atoms with Crippen LogP contribution >= 0.6 is 0 Å². The van der Waals surface area contributed by atoms with Gasteiger partial charge in [0.05, 0.1) is 5.56 Å². The normalized spacial score (nSPS) is 20.1. The average molecular weight is 486 g/mol. The van der Waals surface area contributed by atoms with Gasteiger partial charge < -0.3 is 4.74 Å². The molecule has 0 aromatic heterocycles. The van der Waals surface area contributed by atoms with Gasteiger partial charge in [-0.1, -0.05) is 31.9 Å². The van der Waals surface area contributed by atoms with Crippen LogP contribution < -0.4 is 4.74 Å². The molecule has 0 bridgehead atoms. The van der Waals surface area contributed by atoms with Crippen molar-refractivity contribution < 1.29 is 49.0 Å². The Kier molecular flexibility index (Phi) is 6.93. The molecule has 0 spiro atoms. The van der Waals surface area contributed by atoms with Gasteiger partial charge in [0.1, 0.15) is 22.9 Å². The predicted molar refractivity (Wildman–Crippen MR) is 98.7 cm³/mol. The first-order valence-corrected chi connectivity index (χ1v) is 9.99. The third-order valence-electron chi connectivity index (χ3n) is 5.53. The molecule has 1 aliphatic rings. The lowest BCUT2D eigenvalue weighted by Crippen LogP contribution is -2.30. The number of ether oxygens (including phenoxy) is 2. The molecule has 0 amide bonds. The number of hydrogen-bond acceptors (Lipinski definition) is 2. The van der Waals surface area contributed by atoms with Gasteiger partial charge in [-0.05, 0) is 42.4 Å². The van der Waals surface area contributed by atoms with E-state index in [4.69, 9.17) is 0 Å². The fraction of sp³-hybridized carbons (Fsp3) is 0.455. The van der Waals surface area contributed by atoms with Crippen LogP contribution in [0.5, 0.6) is 5.75 Å². The van der Waals surface area contributed by atoms with Crippen molar-refractivity contribution in [2.75, 3.05) is 0 Å². The molecule has 0 aliphatic heterocycles. The molecule has 3 rings (SSSR count). The summed E-state index contributed by atoms with van der Waals surface area (Å²) in [7, 11) is 0. The maximum Gasteiger partial charge on any atom is 0.527 e.